The van der Waals surface area contributed by atoms with Crippen molar-refractivity contribution in [2.24, 2.45) is 16.1 Å². The van der Waals surface area contributed by atoms with Gasteiger partial charge in [-0.3, -0.25) is 9.79 Å². The van der Waals surface area contributed by atoms with Crippen molar-refractivity contribution in [3.05, 3.63) is 47.4 Å². The van der Waals surface area contributed by atoms with Crippen molar-refractivity contribution in [1.82, 2.24) is 30.2 Å². The molecule has 1 aliphatic heterocycles. The summed E-state index contributed by atoms with van der Waals surface area (Å²) in [6.45, 7) is 11.4. The predicted molar refractivity (Wildman–Crippen MR) is 156 cm³/mol. The third kappa shape index (κ3) is 6.40. The molecule has 1 saturated heterocycles. The van der Waals surface area contributed by atoms with Gasteiger partial charge in [0.15, 0.2) is 11.6 Å². The van der Waals surface area contributed by atoms with Crippen LogP contribution in [0, 0.1) is 12.3 Å². The third-order valence-corrected chi connectivity index (χ3v) is 6.68. The lowest BCUT2D eigenvalue weighted by atomic mass is 9.92. The Hall–Kier alpha value is -4.32. The highest BCUT2D eigenvalue weighted by atomic mass is 16.1. The first kappa shape index (κ1) is 27.7. The average molecular weight is 532 g/mol. The normalized spacial score (nSPS) is 15.5. The predicted octanol–water partition coefficient (Wildman–Crippen LogP) is 2.45. The summed E-state index contributed by atoms with van der Waals surface area (Å²) >= 11 is 0. The molecule has 12 nitrogen and oxygen atoms in total. The molecule has 1 amide bonds. The number of hydrogen-bond acceptors (Lipinski definition) is 11. The number of aliphatic imine (C=N–C) groups is 1. The van der Waals surface area contributed by atoms with E-state index in [4.69, 9.17) is 16.5 Å². The number of aromatic nitrogens is 4. The van der Waals surface area contributed by atoms with Crippen molar-refractivity contribution in [2.45, 2.75) is 27.7 Å². The Bertz CT molecular complexity index is 1430. The molecule has 0 spiro atoms. The molecule has 0 atom stereocenters. The number of nitrogens with zero attached hydrogens (tertiary/aromatic N) is 7. The Morgan fingerprint density at radius 1 is 1.10 bits per heavy atom. The fraction of sp³-hybridized carbons (Fsp3) is 0.407. The second-order valence-electron chi connectivity index (χ2n) is 10.7. The second-order valence-corrected chi connectivity index (χ2v) is 10.7. The highest BCUT2D eigenvalue weighted by molar-refractivity contribution is 6.10. The maximum absolute atomic E-state index is 13.1. The van der Waals surface area contributed by atoms with E-state index in [2.05, 4.69) is 47.4 Å². The first-order valence-electron chi connectivity index (χ1n) is 12.8. The Morgan fingerprint density at radius 3 is 2.49 bits per heavy atom. The number of aryl methyl sites for hydroxylation is 1. The summed E-state index contributed by atoms with van der Waals surface area (Å²) in [7, 11) is 3.70. The third-order valence-electron chi connectivity index (χ3n) is 6.68. The van der Waals surface area contributed by atoms with Crippen LogP contribution < -0.4 is 27.0 Å². The van der Waals surface area contributed by atoms with Gasteiger partial charge in [-0.05, 0) is 37.7 Å². The summed E-state index contributed by atoms with van der Waals surface area (Å²) in [5.74, 6) is 1.38. The fourth-order valence-electron chi connectivity index (χ4n) is 3.93. The van der Waals surface area contributed by atoms with E-state index in [0.717, 1.165) is 31.7 Å². The fourth-order valence-corrected chi connectivity index (χ4v) is 3.93. The quantitative estimate of drug-likeness (QED) is 0.284. The summed E-state index contributed by atoms with van der Waals surface area (Å²) in [5, 5.41) is 6.16. The molecule has 3 heterocycles. The van der Waals surface area contributed by atoms with E-state index >= 15 is 0 Å². The van der Waals surface area contributed by atoms with E-state index < -0.39 is 0 Å². The summed E-state index contributed by atoms with van der Waals surface area (Å²) in [4.78, 5) is 39.7. The van der Waals surface area contributed by atoms with E-state index in [1.54, 1.807) is 25.3 Å². The molecule has 39 heavy (non-hydrogen) atoms. The Kier molecular flexibility index (Phi) is 7.95. The molecule has 1 aliphatic rings. The molecule has 0 unspecified atom stereocenters. The molecule has 1 fully saturated rings. The summed E-state index contributed by atoms with van der Waals surface area (Å²) < 4.78 is 0. The van der Waals surface area contributed by atoms with E-state index in [1.165, 1.54) is 6.33 Å². The highest BCUT2D eigenvalue weighted by Crippen LogP contribution is 2.28. The van der Waals surface area contributed by atoms with Gasteiger partial charge in [-0.15, -0.1) is 0 Å². The van der Waals surface area contributed by atoms with E-state index in [-0.39, 0.29) is 17.1 Å². The monoisotopic (exact) mass is 531 g/mol. The van der Waals surface area contributed by atoms with E-state index in [0.29, 0.717) is 45.6 Å². The number of amidine groups is 1. The number of hydrogen-bond donors (Lipinski definition) is 4. The number of fused-ring (bicyclic) bond motifs is 1. The number of nitrogen functional groups attached to an aromatic ring is 1. The number of rotatable bonds is 5. The van der Waals surface area contributed by atoms with Gasteiger partial charge in [-0.2, -0.15) is 4.98 Å². The van der Waals surface area contributed by atoms with Crippen molar-refractivity contribution in [3.8, 4) is 0 Å². The molecule has 0 radical (unpaired) electrons. The molecule has 2 aromatic heterocycles. The van der Waals surface area contributed by atoms with E-state index in [1.807, 2.05) is 33.8 Å². The van der Waals surface area contributed by atoms with Crippen molar-refractivity contribution >= 4 is 46.0 Å². The second kappa shape index (κ2) is 11.2. The molecule has 0 saturated carbocycles. The van der Waals surface area contributed by atoms with Crippen LogP contribution in [0.5, 0.6) is 0 Å². The van der Waals surface area contributed by atoms with Crippen molar-refractivity contribution in [1.29, 1.82) is 0 Å². The van der Waals surface area contributed by atoms with Crippen LogP contribution in [0.1, 0.15) is 36.7 Å². The minimum atomic E-state index is -0.312. The number of piperazine rings is 1. The van der Waals surface area contributed by atoms with E-state index in [9.17, 15) is 4.79 Å². The maximum atomic E-state index is 13.1. The van der Waals surface area contributed by atoms with Gasteiger partial charge in [0.05, 0.1) is 0 Å². The molecule has 0 bridgehead atoms. The number of carbonyl (C=O) groups excluding carboxylic acids is 1. The number of likely N-dealkylation sites (N-methyl/N-ethyl adjacent to an activating group) is 1. The largest absolute Gasteiger partial charge is 0.401 e. The minimum absolute atomic E-state index is 0.251. The van der Waals surface area contributed by atoms with Gasteiger partial charge in [0, 0.05) is 55.6 Å². The molecule has 12 heteroatoms. The van der Waals surface area contributed by atoms with Gasteiger partial charge < -0.3 is 31.9 Å². The molecule has 4 rings (SSSR count). The van der Waals surface area contributed by atoms with Crippen LogP contribution in [-0.2, 0) is 0 Å². The summed E-state index contributed by atoms with van der Waals surface area (Å²) in [6.07, 6.45) is 3.10. The van der Waals surface area contributed by atoms with Gasteiger partial charge in [0.25, 0.3) is 5.91 Å². The lowest BCUT2D eigenvalue weighted by Crippen LogP contribution is -2.45. The van der Waals surface area contributed by atoms with Crippen LogP contribution in [0.15, 0.2) is 41.3 Å². The molecule has 0 aliphatic carbocycles. The molecule has 206 valence electrons. The van der Waals surface area contributed by atoms with Crippen LogP contribution in [0.3, 0.4) is 0 Å². The minimum Gasteiger partial charge on any atom is -0.401 e. The Balaban J connectivity index is 1.62. The SMILES string of the molecule is CN=C(C=C(N)C(C)(C)C)NC(=O)c1ccc(C)c(Nc2ncnc3c(N)nc(N4CCN(C)CC4)nc23)c1. The van der Waals surface area contributed by atoms with Crippen molar-refractivity contribution in [2.75, 3.05) is 56.2 Å². The van der Waals surface area contributed by atoms with Gasteiger partial charge in [0.2, 0.25) is 5.95 Å². The van der Waals surface area contributed by atoms with Gasteiger partial charge in [-0.1, -0.05) is 26.8 Å². The Morgan fingerprint density at radius 2 is 1.82 bits per heavy atom. The number of benzene rings is 1. The van der Waals surface area contributed by atoms with Crippen LogP contribution >= 0.6 is 0 Å². The molecule has 1 aromatic carbocycles. The molecule has 6 N–H and O–H groups in total. The van der Waals surface area contributed by atoms with Gasteiger partial charge >= 0.3 is 0 Å². The smallest absolute Gasteiger partial charge is 0.256 e. The zero-order chi connectivity index (χ0) is 28.3. The van der Waals surface area contributed by atoms with Crippen molar-refractivity contribution in [3.63, 3.8) is 0 Å². The van der Waals surface area contributed by atoms with Crippen molar-refractivity contribution < 1.29 is 4.79 Å². The molecular formula is C27H37N11O. The Labute approximate surface area is 228 Å². The number of allylic oxidation sites excluding steroid dienone is 1. The highest BCUT2D eigenvalue weighted by Gasteiger charge is 2.21. The lowest BCUT2D eigenvalue weighted by molar-refractivity contribution is 0.0977. The maximum Gasteiger partial charge on any atom is 0.256 e. The number of anilines is 4. The number of amides is 1. The number of carbonyl (C=O) groups is 1. The first-order chi connectivity index (χ1) is 18.5. The van der Waals surface area contributed by atoms with Gasteiger partial charge in [0.1, 0.15) is 23.2 Å². The topological polar surface area (TPSA) is 164 Å². The first-order valence-corrected chi connectivity index (χ1v) is 12.8. The van der Waals surface area contributed by atoms with Crippen LogP contribution in [-0.4, -0.2) is 76.9 Å². The van der Waals surface area contributed by atoms with Crippen LogP contribution in [0.2, 0.25) is 0 Å². The zero-order valence-corrected chi connectivity index (χ0v) is 23.4. The summed E-state index contributed by atoms with van der Waals surface area (Å²) in [5.41, 5.74) is 15.8. The van der Waals surface area contributed by atoms with Crippen LogP contribution in [0.4, 0.5) is 23.3 Å². The van der Waals surface area contributed by atoms with Crippen LogP contribution in [0.25, 0.3) is 11.0 Å². The standard InChI is InChI=1S/C27H37N11O/c1-16-7-8-17(25(39)34-20(30-5)14-19(28)27(2,3)4)13-18(16)33-24-22-21(31-15-32-24)23(29)36-26(35-22)38-11-9-37(6)10-12-38/h7-8,13-15H,9-12,28H2,1-6H3,(H2,29,35,36)(H,30,34,39)(H,31,32,33). The lowest BCUT2D eigenvalue weighted by Gasteiger charge is -2.32. The summed E-state index contributed by atoms with van der Waals surface area (Å²) in [6, 6.07) is 5.38. The number of nitrogens with one attached hydrogen (secondary N) is 2. The molecule has 3 aromatic rings. The van der Waals surface area contributed by atoms with Gasteiger partial charge in [-0.25, -0.2) is 15.0 Å². The number of nitrogens with two attached hydrogens (primary N) is 2. The zero-order valence-electron chi connectivity index (χ0n) is 23.4. The average Bonchev–Trinajstić information content (AvgIpc) is 2.89. The molecular weight excluding hydrogens is 494 g/mol.